The minimum atomic E-state index is 1.05. The van der Waals surface area contributed by atoms with Crippen LogP contribution in [0, 0.1) is 9.77 Å². The molecule has 0 aromatic carbocycles. The van der Waals surface area contributed by atoms with Crippen molar-refractivity contribution in [3.63, 3.8) is 0 Å². The van der Waals surface area contributed by atoms with Crippen molar-refractivity contribution >= 4 is 38.5 Å². The van der Waals surface area contributed by atoms with Gasteiger partial charge in [-0.2, -0.15) is 0 Å². The Morgan fingerprint density at radius 2 is 2.50 bits per heavy atom. The van der Waals surface area contributed by atoms with Gasteiger partial charge in [-0.15, -0.1) is 0 Å². The van der Waals surface area contributed by atoms with E-state index in [0.717, 1.165) is 8.04 Å². The van der Waals surface area contributed by atoms with Crippen LogP contribution in [-0.4, -0.2) is 4.98 Å². The van der Waals surface area contributed by atoms with Crippen LogP contribution in [0.1, 0.15) is 0 Å². The second-order valence-electron chi connectivity index (χ2n) is 1.23. The van der Waals surface area contributed by atoms with Crippen molar-refractivity contribution in [3.8, 4) is 0 Å². The number of hydrogen-bond donors (Lipinski definition) is 0. The summed E-state index contributed by atoms with van der Waals surface area (Å²) < 4.78 is 2.16. The van der Waals surface area contributed by atoms with Crippen LogP contribution in [0.4, 0.5) is 0 Å². The second kappa shape index (κ2) is 2.77. The molecule has 0 N–H and O–H groups in total. The highest BCUT2D eigenvalue weighted by Crippen LogP contribution is 2.15. The van der Waals surface area contributed by atoms with Crippen molar-refractivity contribution in [2.45, 2.75) is 0 Å². The van der Waals surface area contributed by atoms with Gasteiger partial charge in [0.1, 0.15) is 0 Å². The fourth-order valence-corrected chi connectivity index (χ4v) is 0.818. The molecule has 1 aromatic rings. The van der Waals surface area contributed by atoms with Gasteiger partial charge in [0.05, 0.1) is 6.20 Å². The summed E-state index contributed by atoms with van der Waals surface area (Å²) in [4.78, 5) is 3.78. The van der Waals surface area contributed by atoms with E-state index in [1.165, 1.54) is 0 Å². The normalized spacial score (nSPS) is 9.25. The molecule has 0 amide bonds. The predicted molar refractivity (Wildman–Crippen MR) is 43.5 cm³/mol. The van der Waals surface area contributed by atoms with Gasteiger partial charge in [-0.05, 0) is 44.6 Å². The van der Waals surface area contributed by atoms with Crippen molar-refractivity contribution < 1.29 is 0 Å². The van der Waals surface area contributed by atoms with Gasteiger partial charge in [-0.25, -0.2) is 0 Å². The molecule has 0 fully saturated rings. The van der Waals surface area contributed by atoms with E-state index in [1.54, 1.807) is 12.3 Å². The van der Waals surface area contributed by atoms with Crippen LogP contribution < -0.4 is 0 Å². The van der Waals surface area contributed by atoms with E-state index in [2.05, 4.69) is 49.7 Å². The van der Waals surface area contributed by atoms with Gasteiger partial charge < -0.3 is 0 Å². The fourth-order valence-electron chi connectivity index (χ4n) is 0.318. The summed E-state index contributed by atoms with van der Waals surface area (Å²) in [5, 5.41) is 0. The fraction of sp³-hybridized carbons (Fsp3) is 0. The Morgan fingerprint density at radius 3 is 2.88 bits per heavy atom. The van der Waals surface area contributed by atoms with Crippen LogP contribution in [0.5, 0.6) is 0 Å². The maximum absolute atomic E-state index is 3.78. The number of nitrogens with zero attached hydrogens (tertiary/aromatic N) is 1. The maximum Gasteiger partial charge on any atom is 0.0898 e. The Morgan fingerprint density at radius 1 is 1.75 bits per heavy atom. The Labute approximate surface area is 69.8 Å². The van der Waals surface area contributed by atoms with Gasteiger partial charge in [-0.3, -0.25) is 4.98 Å². The summed E-state index contributed by atoms with van der Waals surface area (Å²) in [6.07, 6.45) is 4.45. The van der Waals surface area contributed by atoms with E-state index in [-0.39, 0.29) is 0 Å². The van der Waals surface area contributed by atoms with Crippen LogP contribution in [0.25, 0.3) is 0 Å². The van der Waals surface area contributed by atoms with Gasteiger partial charge in [0.2, 0.25) is 0 Å². The van der Waals surface area contributed by atoms with Crippen molar-refractivity contribution in [1.29, 1.82) is 0 Å². The molecule has 41 valence electrons. The summed E-state index contributed by atoms with van der Waals surface area (Å²) in [5.41, 5.74) is 0. The van der Waals surface area contributed by atoms with Crippen LogP contribution in [-0.2, 0) is 0 Å². The molecule has 8 heavy (non-hydrogen) atoms. The molecule has 1 radical (unpaired) electrons. The zero-order valence-corrected chi connectivity index (χ0v) is 7.60. The number of hydrogen-bond acceptors (Lipinski definition) is 1. The monoisotopic (exact) mass is 282 g/mol. The smallest absolute Gasteiger partial charge is 0.0898 e. The topological polar surface area (TPSA) is 12.9 Å². The average Bonchev–Trinajstić information content (AvgIpc) is 1.77. The lowest BCUT2D eigenvalue weighted by Gasteiger charge is -1.88. The molecular formula is C5H2BrIN. The first-order valence-corrected chi connectivity index (χ1v) is 3.85. The maximum atomic E-state index is 3.78. The highest BCUT2D eigenvalue weighted by Gasteiger charge is 1.89. The molecule has 0 aliphatic carbocycles. The Balaban J connectivity index is 3.13. The molecule has 1 rings (SSSR count). The van der Waals surface area contributed by atoms with Gasteiger partial charge in [0.15, 0.2) is 0 Å². The van der Waals surface area contributed by atoms with E-state index < -0.39 is 0 Å². The molecule has 0 saturated heterocycles. The third-order valence-corrected chi connectivity index (χ3v) is 2.93. The largest absolute Gasteiger partial charge is 0.253 e. The first kappa shape index (κ1) is 6.48. The van der Waals surface area contributed by atoms with E-state index in [4.69, 9.17) is 0 Å². The van der Waals surface area contributed by atoms with Crippen LogP contribution in [0.2, 0.25) is 0 Å². The molecule has 0 spiro atoms. The summed E-state index contributed by atoms with van der Waals surface area (Å²) in [6.45, 7) is 0. The molecule has 0 aliphatic heterocycles. The van der Waals surface area contributed by atoms with Gasteiger partial charge in [0, 0.05) is 14.2 Å². The average molecular weight is 283 g/mol. The first-order valence-electron chi connectivity index (χ1n) is 1.98. The molecule has 0 atom stereocenters. The second-order valence-corrected chi connectivity index (χ2v) is 3.24. The van der Waals surface area contributed by atoms with E-state index >= 15 is 0 Å². The Bertz CT molecular complexity index is 169. The lowest BCUT2D eigenvalue weighted by Crippen LogP contribution is -1.74. The highest BCUT2D eigenvalue weighted by molar-refractivity contribution is 14.1. The quantitative estimate of drug-likeness (QED) is 0.665. The number of aromatic nitrogens is 1. The van der Waals surface area contributed by atoms with E-state index in [0.29, 0.717) is 0 Å². The molecule has 1 heterocycles. The first-order chi connectivity index (χ1) is 3.80. The molecule has 0 unspecified atom stereocenters. The molecule has 0 saturated carbocycles. The molecule has 0 aliphatic rings. The lowest BCUT2D eigenvalue weighted by molar-refractivity contribution is 1.28. The van der Waals surface area contributed by atoms with Crippen molar-refractivity contribution in [3.05, 3.63) is 26.5 Å². The molecule has 0 bridgehead atoms. The van der Waals surface area contributed by atoms with Crippen molar-refractivity contribution in [2.75, 3.05) is 0 Å². The standard InChI is InChI=1S/C5H2BrIN/c6-4-1-2-8-3-5(4)7/h1,3H. The Kier molecular flexibility index (Phi) is 2.25. The number of rotatable bonds is 0. The number of pyridine rings is 1. The van der Waals surface area contributed by atoms with E-state index in [1.807, 2.05) is 0 Å². The van der Waals surface area contributed by atoms with Crippen LogP contribution in [0.3, 0.4) is 0 Å². The van der Waals surface area contributed by atoms with E-state index in [9.17, 15) is 0 Å². The predicted octanol–water partition coefficient (Wildman–Crippen LogP) is 2.25. The number of halogens is 2. The van der Waals surface area contributed by atoms with Gasteiger partial charge in [-0.1, -0.05) is 0 Å². The van der Waals surface area contributed by atoms with Crippen molar-refractivity contribution in [2.24, 2.45) is 0 Å². The van der Waals surface area contributed by atoms with Gasteiger partial charge >= 0.3 is 0 Å². The minimum Gasteiger partial charge on any atom is -0.253 e. The molecule has 1 nitrogen and oxygen atoms in total. The summed E-state index contributed by atoms with van der Waals surface area (Å²) in [7, 11) is 0. The third kappa shape index (κ3) is 1.42. The lowest BCUT2D eigenvalue weighted by atomic mass is 10.5. The van der Waals surface area contributed by atoms with Gasteiger partial charge in [0.25, 0.3) is 0 Å². The zero-order valence-electron chi connectivity index (χ0n) is 3.86. The molecular weight excluding hydrogens is 281 g/mol. The Hall–Kier alpha value is 0.360. The third-order valence-electron chi connectivity index (χ3n) is 0.672. The highest BCUT2D eigenvalue weighted by atomic mass is 127. The van der Waals surface area contributed by atoms with Crippen LogP contribution >= 0.6 is 38.5 Å². The SMILES string of the molecule is Brc1c[c]ncc1I. The molecule has 1 aromatic heterocycles. The molecule has 3 heteroatoms. The summed E-state index contributed by atoms with van der Waals surface area (Å²) >= 11 is 5.51. The minimum absolute atomic E-state index is 1.05. The van der Waals surface area contributed by atoms with Crippen molar-refractivity contribution in [1.82, 2.24) is 4.98 Å². The summed E-state index contributed by atoms with van der Waals surface area (Å²) in [5.74, 6) is 0. The van der Waals surface area contributed by atoms with Crippen LogP contribution in [0.15, 0.2) is 16.7 Å². The summed E-state index contributed by atoms with van der Waals surface area (Å²) in [6, 6.07) is 1.79. The zero-order chi connectivity index (χ0) is 5.98.